The first kappa shape index (κ1) is 16.0. The molecule has 0 unspecified atom stereocenters. The van der Waals surface area contributed by atoms with Gasteiger partial charge in [0.15, 0.2) is 0 Å². The summed E-state index contributed by atoms with van der Waals surface area (Å²) in [4.78, 5) is 24.7. The monoisotopic (exact) mass is 348 g/mol. The average Bonchev–Trinajstić information content (AvgIpc) is 2.96. The molecule has 1 saturated heterocycles. The fourth-order valence-corrected chi connectivity index (χ4v) is 3.89. The lowest BCUT2D eigenvalue weighted by molar-refractivity contribution is -0.305. The van der Waals surface area contributed by atoms with Gasteiger partial charge in [-0.15, -0.1) is 0 Å². The number of fused-ring (bicyclic) bond motifs is 1. The van der Waals surface area contributed by atoms with Crippen molar-refractivity contribution in [1.82, 2.24) is 4.90 Å². The van der Waals surface area contributed by atoms with Gasteiger partial charge in [0, 0.05) is 25.4 Å². The highest BCUT2D eigenvalue weighted by molar-refractivity contribution is 8.26. The zero-order valence-electron chi connectivity index (χ0n) is 12.4. The molecule has 1 aromatic carbocycles. The predicted octanol–water partition coefficient (Wildman–Crippen LogP) is 1.35. The Bertz CT molecular complexity index is 729. The molecule has 0 saturated carbocycles. The van der Waals surface area contributed by atoms with E-state index in [1.54, 1.807) is 6.08 Å². The molecular weight excluding hydrogens is 334 g/mol. The number of rotatable bonds is 4. The largest absolute Gasteiger partial charge is 0.550 e. The van der Waals surface area contributed by atoms with Crippen molar-refractivity contribution in [2.24, 2.45) is 0 Å². The lowest BCUT2D eigenvalue weighted by Gasteiger charge is -2.14. The van der Waals surface area contributed by atoms with Crippen molar-refractivity contribution in [3.05, 3.63) is 34.2 Å². The van der Waals surface area contributed by atoms with Crippen LogP contribution < -0.4 is 9.84 Å². The molecule has 0 bridgehead atoms. The Morgan fingerprint density at radius 3 is 3.09 bits per heavy atom. The second-order valence-corrected chi connectivity index (χ2v) is 7.13. The number of aliphatic carboxylic acids is 1. The van der Waals surface area contributed by atoms with Gasteiger partial charge in [-0.1, -0.05) is 30.0 Å². The van der Waals surface area contributed by atoms with Crippen LogP contribution in [0.1, 0.15) is 24.5 Å². The molecule has 0 radical (unpaired) electrons. The van der Waals surface area contributed by atoms with Gasteiger partial charge in [-0.2, -0.15) is 0 Å². The van der Waals surface area contributed by atoms with Crippen LogP contribution in [0.5, 0.6) is 5.75 Å². The van der Waals surface area contributed by atoms with Crippen molar-refractivity contribution >= 4 is 46.3 Å². The SMILES string of the molecule is C[C@@H]1Cc2cc(/C=C3\SC(=S)N(CCC(=O)[O-])C3=O)ccc2O1. The predicted molar refractivity (Wildman–Crippen MR) is 89.7 cm³/mol. The number of ether oxygens (including phenoxy) is 1. The number of carboxylic acids is 1. The van der Waals surface area contributed by atoms with E-state index < -0.39 is 5.97 Å². The van der Waals surface area contributed by atoms with E-state index in [9.17, 15) is 14.7 Å². The van der Waals surface area contributed by atoms with E-state index in [0.29, 0.717) is 9.23 Å². The van der Waals surface area contributed by atoms with Gasteiger partial charge in [-0.3, -0.25) is 9.69 Å². The van der Waals surface area contributed by atoms with Gasteiger partial charge < -0.3 is 14.6 Å². The summed E-state index contributed by atoms with van der Waals surface area (Å²) in [5.41, 5.74) is 2.03. The fourth-order valence-electron chi connectivity index (χ4n) is 2.58. The number of thioether (sulfide) groups is 1. The van der Waals surface area contributed by atoms with Gasteiger partial charge in [-0.05, 0) is 36.3 Å². The minimum absolute atomic E-state index is 0.0416. The fraction of sp³-hybridized carbons (Fsp3) is 0.312. The molecule has 1 atom stereocenters. The van der Waals surface area contributed by atoms with Crippen LogP contribution in [0.25, 0.3) is 6.08 Å². The lowest BCUT2D eigenvalue weighted by atomic mass is 10.1. The summed E-state index contributed by atoms with van der Waals surface area (Å²) in [6.07, 6.45) is 2.57. The van der Waals surface area contributed by atoms with Crippen LogP contribution in [0.2, 0.25) is 0 Å². The molecule has 0 aromatic heterocycles. The molecule has 2 aliphatic rings. The number of benzene rings is 1. The maximum atomic E-state index is 12.3. The van der Waals surface area contributed by atoms with Crippen LogP contribution in [0.3, 0.4) is 0 Å². The van der Waals surface area contributed by atoms with Crippen molar-refractivity contribution in [2.75, 3.05) is 6.54 Å². The molecule has 5 nitrogen and oxygen atoms in total. The second kappa shape index (κ2) is 6.33. The Hall–Kier alpha value is -1.86. The maximum Gasteiger partial charge on any atom is 0.266 e. The third-order valence-electron chi connectivity index (χ3n) is 3.63. The number of thiocarbonyl (C=S) groups is 1. The number of hydrogen-bond acceptors (Lipinski definition) is 6. The van der Waals surface area contributed by atoms with Crippen LogP contribution in [0, 0.1) is 0 Å². The minimum atomic E-state index is -1.20. The van der Waals surface area contributed by atoms with Crippen molar-refractivity contribution in [2.45, 2.75) is 25.9 Å². The highest BCUT2D eigenvalue weighted by Crippen LogP contribution is 2.34. The van der Waals surface area contributed by atoms with Crippen LogP contribution >= 0.6 is 24.0 Å². The van der Waals surface area contributed by atoms with E-state index in [0.717, 1.165) is 23.3 Å². The third kappa shape index (κ3) is 3.40. The van der Waals surface area contributed by atoms with Gasteiger partial charge in [0.05, 0.1) is 4.91 Å². The molecule has 120 valence electrons. The molecule has 3 rings (SSSR count). The molecule has 0 aliphatic carbocycles. The number of nitrogens with zero attached hydrogens (tertiary/aromatic N) is 1. The van der Waals surface area contributed by atoms with E-state index in [2.05, 4.69) is 0 Å². The maximum absolute atomic E-state index is 12.3. The summed E-state index contributed by atoms with van der Waals surface area (Å²) in [6.45, 7) is 2.06. The molecule has 2 heterocycles. The van der Waals surface area contributed by atoms with Crippen LogP contribution in [0.15, 0.2) is 23.1 Å². The molecule has 0 N–H and O–H groups in total. The molecule has 1 amide bonds. The zero-order chi connectivity index (χ0) is 16.6. The Morgan fingerprint density at radius 2 is 2.35 bits per heavy atom. The quantitative estimate of drug-likeness (QED) is 0.604. The first-order valence-corrected chi connectivity index (χ1v) is 8.41. The molecule has 7 heteroatoms. The molecule has 1 fully saturated rings. The summed E-state index contributed by atoms with van der Waals surface area (Å²) in [7, 11) is 0. The second-order valence-electron chi connectivity index (χ2n) is 5.46. The summed E-state index contributed by atoms with van der Waals surface area (Å²) in [6, 6.07) is 5.80. The number of carbonyl (C=O) groups is 2. The molecular formula is C16H14NO4S2-. The first-order chi connectivity index (χ1) is 10.9. The van der Waals surface area contributed by atoms with Crippen molar-refractivity contribution in [1.29, 1.82) is 0 Å². The lowest BCUT2D eigenvalue weighted by Crippen LogP contribution is -2.33. The summed E-state index contributed by atoms with van der Waals surface area (Å²) >= 11 is 6.34. The van der Waals surface area contributed by atoms with E-state index in [-0.39, 0.29) is 25.0 Å². The Balaban J connectivity index is 1.78. The molecule has 2 aliphatic heterocycles. The Kier molecular flexibility index (Phi) is 4.41. The first-order valence-electron chi connectivity index (χ1n) is 7.19. The third-order valence-corrected chi connectivity index (χ3v) is 5.01. The molecule has 0 spiro atoms. The molecule has 1 aromatic rings. The van der Waals surface area contributed by atoms with Crippen LogP contribution in [-0.2, 0) is 16.0 Å². The van der Waals surface area contributed by atoms with Gasteiger partial charge in [0.25, 0.3) is 5.91 Å². The number of carboxylic acid groups (broad SMARTS) is 1. The van der Waals surface area contributed by atoms with E-state index in [4.69, 9.17) is 17.0 Å². The van der Waals surface area contributed by atoms with Crippen LogP contribution in [-0.4, -0.2) is 33.7 Å². The topological polar surface area (TPSA) is 69.7 Å². The van der Waals surface area contributed by atoms with Crippen molar-refractivity contribution < 1.29 is 19.4 Å². The smallest absolute Gasteiger partial charge is 0.266 e. The number of hydrogen-bond donors (Lipinski definition) is 0. The van der Waals surface area contributed by atoms with Crippen molar-refractivity contribution in [3.8, 4) is 5.75 Å². The van der Waals surface area contributed by atoms with E-state index >= 15 is 0 Å². The zero-order valence-corrected chi connectivity index (χ0v) is 14.0. The van der Waals surface area contributed by atoms with Gasteiger partial charge in [0.1, 0.15) is 16.2 Å². The van der Waals surface area contributed by atoms with Gasteiger partial charge >= 0.3 is 0 Å². The minimum Gasteiger partial charge on any atom is -0.550 e. The summed E-state index contributed by atoms with van der Waals surface area (Å²) in [5.74, 6) is -0.571. The molecule has 23 heavy (non-hydrogen) atoms. The Labute approximate surface area is 143 Å². The van der Waals surface area contributed by atoms with Crippen molar-refractivity contribution in [3.63, 3.8) is 0 Å². The van der Waals surface area contributed by atoms with E-state index in [1.807, 2.05) is 25.1 Å². The average molecular weight is 348 g/mol. The van der Waals surface area contributed by atoms with Gasteiger partial charge in [0.2, 0.25) is 0 Å². The van der Waals surface area contributed by atoms with Crippen LogP contribution in [0.4, 0.5) is 0 Å². The Morgan fingerprint density at radius 1 is 1.57 bits per heavy atom. The standard InChI is InChI=1S/C16H15NO4S2/c1-9-6-11-7-10(2-3-12(11)21-9)8-13-15(20)17(16(22)23-13)5-4-14(18)19/h2-3,7-9H,4-6H2,1H3,(H,18,19)/p-1/b13-8-/t9-/m1/s1. The summed E-state index contributed by atoms with van der Waals surface area (Å²) in [5, 5.41) is 10.6. The number of amides is 1. The summed E-state index contributed by atoms with van der Waals surface area (Å²) < 4.78 is 6.03. The van der Waals surface area contributed by atoms with Gasteiger partial charge in [-0.25, -0.2) is 0 Å². The number of carbonyl (C=O) groups excluding carboxylic acids is 2. The highest BCUT2D eigenvalue weighted by Gasteiger charge is 2.31. The normalized spacial score (nSPS) is 21.7. The van der Waals surface area contributed by atoms with E-state index in [1.165, 1.54) is 16.7 Å². The highest BCUT2D eigenvalue weighted by atomic mass is 32.2.